The number of carbonyl (C=O) groups is 1. The Hall–Kier alpha value is -3.30. The second-order valence-corrected chi connectivity index (χ2v) is 7.69. The standard InChI is InChI=1S/C20H16F2N2O4S/c21-15-6-9-19(18(22)12-15)24-20(25)10-5-14-3-7-17(8-4-14)29(26,27)23-13-16-2-1-11-28-16/h1-12,23H,13H2,(H,24,25)/b10-5+. The van der Waals surface area contributed by atoms with Crippen LogP contribution in [0.2, 0.25) is 0 Å². The van der Waals surface area contributed by atoms with E-state index in [-0.39, 0.29) is 17.1 Å². The third kappa shape index (κ3) is 5.59. The van der Waals surface area contributed by atoms with Crippen LogP contribution in [0.5, 0.6) is 0 Å². The van der Waals surface area contributed by atoms with Crippen molar-refractivity contribution in [2.75, 3.05) is 5.32 Å². The van der Waals surface area contributed by atoms with Crippen LogP contribution in [0.25, 0.3) is 6.08 Å². The second kappa shape index (κ2) is 8.80. The van der Waals surface area contributed by atoms with E-state index in [0.29, 0.717) is 17.4 Å². The number of hydrogen-bond acceptors (Lipinski definition) is 4. The highest BCUT2D eigenvalue weighted by atomic mass is 32.2. The zero-order valence-electron chi connectivity index (χ0n) is 14.9. The molecule has 0 radical (unpaired) electrons. The molecule has 0 bridgehead atoms. The minimum absolute atomic E-state index is 0.0249. The van der Waals surface area contributed by atoms with Gasteiger partial charge < -0.3 is 9.73 Å². The number of nitrogens with one attached hydrogen (secondary N) is 2. The van der Waals surface area contributed by atoms with Crippen molar-refractivity contribution in [2.24, 2.45) is 0 Å². The van der Waals surface area contributed by atoms with E-state index in [1.807, 2.05) is 0 Å². The molecule has 0 saturated heterocycles. The lowest BCUT2D eigenvalue weighted by molar-refractivity contribution is -0.111. The fourth-order valence-electron chi connectivity index (χ4n) is 2.36. The van der Waals surface area contributed by atoms with Crippen LogP contribution in [0.4, 0.5) is 14.5 Å². The predicted octanol–water partition coefficient (Wildman–Crippen LogP) is 3.69. The predicted molar refractivity (Wildman–Crippen MR) is 103 cm³/mol. The summed E-state index contributed by atoms with van der Waals surface area (Å²) in [7, 11) is -3.72. The quantitative estimate of drug-likeness (QED) is 0.573. The summed E-state index contributed by atoms with van der Waals surface area (Å²) in [6.07, 6.45) is 4.04. The molecular weight excluding hydrogens is 402 g/mol. The van der Waals surface area contributed by atoms with Crippen molar-refractivity contribution in [1.29, 1.82) is 0 Å². The molecule has 2 aromatic carbocycles. The summed E-state index contributed by atoms with van der Waals surface area (Å²) in [5.41, 5.74) is 0.412. The molecule has 3 aromatic rings. The molecule has 0 fully saturated rings. The highest BCUT2D eigenvalue weighted by Gasteiger charge is 2.14. The van der Waals surface area contributed by atoms with E-state index >= 15 is 0 Å². The van der Waals surface area contributed by atoms with Gasteiger partial charge in [0.2, 0.25) is 15.9 Å². The third-order valence-corrected chi connectivity index (χ3v) is 5.24. The van der Waals surface area contributed by atoms with Gasteiger partial charge >= 0.3 is 0 Å². The largest absolute Gasteiger partial charge is 0.468 e. The van der Waals surface area contributed by atoms with Crippen LogP contribution in [-0.2, 0) is 21.4 Å². The Labute approximate surface area is 165 Å². The van der Waals surface area contributed by atoms with Crippen LogP contribution in [0, 0.1) is 11.6 Å². The highest BCUT2D eigenvalue weighted by Crippen LogP contribution is 2.16. The van der Waals surface area contributed by atoms with Gasteiger partial charge in [0.15, 0.2) is 0 Å². The average molecular weight is 418 g/mol. The van der Waals surface area contributed by atoms with Gasteiger partial charge in [-0.1, -0.05) is 12.1 Å². The van der Waals surface area contributed by atoms with Crippen LogP contribution in [0.3, 0.4) is 0 Å². The molecule has 1 aromatic heterocycles. The van der Waals surface area contributed by atoms with Gasteiger partial charge in [0, 0.05) is 12.1 Å². The second-order valence-electron chi connectivity index (χ2n) is 5.92. The van der Waals surface area contributed by atoms with Crippen LogP contribution in [-0.4, -0.2) is 14.3 Å². The van der Waals surface area contributed by atoms with Gasteiger partial charge in [-0.15, -0.1) is 0 Å². The van der Waals surface area contributed by atoms with Gasteiger partial charge in [0.25, 0.3) is 0 Å². The summed E-state index contributed by atoms with van der Waals surface area (Å²) < 4.78 is 58.4. The molecule has 0 aliphatic heterocycles. The maximum absolute atomic E-state index is 13.5. The Balaban J connectivity index is 1.61. The maximum Gasteiger partial charge on any atom is 0.248 e. The van der Waals surface area contributed by atoms with E-state index in [0.717, 1.165) is 18.2 Å². The van der Waals surface area contributed by atoms with E-state index in [9.17, 15) is 22.0 Å². The van der Waals surface area contributed by atoms with Crippen molar-refractivity contribution in [2.45, 2.75) is 11.4 Å². The lowest BCUT2D eigenvalue weighted by Crippen LogP contribution is -2.22. The van der Waals surface area contributed by atoms with E-state index in [1.165, 1.54) is 36.6 Å². The lowest BCUT2D eigenvalue weighted by Gasteiger charge is -2.06. The fraction of sp³-hybridized carbons (Fsp3) is 0.0500. The van der Waals surface area contributed by atoms with Crippen LogP contribution >= 0.6 is 0 Å². The Morgan fingerprint density at radius 3 is 2.48 bits per heavy atom. The number of sulfonamides is 1. The van der Waals surface area contributed by atoms with Crippen molar-refractivity contribution < 1.29 is 26.4 Å². The molecule has 9 heteroatoms. The average Bonchev–Trinajstić information content (AvgIpc) is 3.21. The SMILES string of the molecule is O=C(/C=C/c1ccc(S(=O)(=O)NCc2ccco2)cc1)Nc1ccc(F)cc1F. The number of halogens is 2. The normalized spacial score (nSPS) is 11.7. The molecule has 0 aliphatic rings. The minimum Gasteiger partial charge on any atom is -0.468 e. The molecule has 0 aliphatic carbocycles. The van der Waals surface area contributed by atoms with Gasteiger partial charge in [0.05, 0.1) is 23.4 Å². The number of carbonyl (C=O) groups excluding carboxylic acids is 1. The highest BCUT2D eigenvalue weighted by molar-refractivity contribution is 7.89. The van der Waals surface area contributed by atoms with E-state index in [4.69, 9.17) is 4.42 Å². The van der Waals surface area contributed by atoms with Crippen molar-refractivity contribution in [1.82, 2.24) is 4.72 Å². The van der Waals surface area contributed by atoms with Crippen molar-refractivity contribution in [3.63, 3.8) is 0 Å². The Kier molecular flexibility index (Phi) is 6.20. The summed E-state index contributed by atoms with van der Waals surface area (Å²) in [6, 6.07) is 11.9. The monoisotopic (exact) mass is 418 g/mol. The van der Waals surface area contributed by atoms with Crippen molar-refractivity contribution in [3.8, 4) is 0 Å². The lowest BCUT2D eigenvalue weighted by atomic mass is 10.2. The summed E-state index contributed by atoms with van der Waals surface area (Å²) in [5.74, 6) is -1.77. The number of benzene rings is 2. The number of anilines is 1. The van der Waals surface area contributed by atoms with Gasteiger partial charge in [-0.05, 0) is 48.0 Å². The van der Waals surface area contributed by atoms with E-state index in [2.05, 4.69) is 10.0 Å². The first-order valence-electron chi connectivity index (χ1n) is 8.40. The molecule has 2 N–H and O–H groups in total. The first kappa shape index (κ1) is 20.4. The zero-order chi connectivity index (χ0) is 20.9. The number of hydrogen-bond donors (Lipinski definition) is 2. The Morgan fingerprint density at radius 2 is 1.83 bits per heavy atom. The number of furan rings is 1. The van der Waals surface area contributed by atoms with Crippen LogP contribution in [0.15, 0.2) is 76.2 Å². The summed E-state index contributed by atoms with van der Waals surface area (Å²) in [4.78, 5) is 11.9. The molecule has 150 valence electrons. The van der Waals surface area contributed by atoms with Gasteiger partial charge in [-0.25, -0.2) is 21.9 Å². The molecule has 1 amide bonds. The zero-order valence-corrected chi connectivity index (χ0v) is 15.7. The summed E-state index contributed by atoms with van der Waals surface area (Å²) >= 11 is 0. The smallest absolute Gasteiger partial charge is 0.248 e. The van der Waals surface area contributed by atoms with Gasteiger partial charge in [-0.3, -0.25) is 4.79 Å². The molecule has 0 spiro atoms. The van der Waals surface area contributed by atoms with E-state index in [1.54, 1.807) is 12.1 Å². The molecule has 6 nitrogen and oxygen atoms in total. The first-order chi connectivity index (χ1) is 13.8. The molecule has 29 heavy (non-hydrogen) atoms. The topological polar surface area (TPSA) is 88.4 Å². The van der Waals surface area contributed by atoms with Crippen LogP contribution in [0.1, 0.15) is 11.3 Å². The van der Waals surface area contributed by atoms with Gasteiger partial charge in [0.1, 0.15) is 17.4 Å². The number of amides is 1. The maximum atomic E-state index is 13.5. The molecule has 0 atom stereocenters. The third-order valence-electron chi connectivity index (χ3n) is 3.82. The summed E-state index contributed by atoms with van der Waals surface area (Å²) in [6.45, 7) is 0.0249. The molecular formula is C20H16F2N2O4S. The fourth-order valence-corrected chi connectivity index (χ4v) is 3.35. The minimum atomic E-state index is -3.72. The van der Waals surface area contributed by atoms with E-state index < -0.39 is 27.6 Å². The van der Waals surface area contributed by atoms with Crippen molar-refractivity contribution in [3.05, 3.63) is 89.9 Å². The Morgan fingerprint density at radius 1 is 1.07 bits per heavy atom. The van der Waals surface area contributed by atoms with Crippen molar-refractivity contribution >= 4 is 27.7 Å². The first-order valence-corrected chi connectivity index (χ1v) is 9.88. The summed E-state index contributed by atoms with van der Waals surface area (Å²) in [5, 5.41) is 2.29. The molecule has 3 rings (SSSR count). The van der Waals surface area contributed by atoms with Crippen LogP contribution < -0.4 is 10.0 Å². The molecule has 1 heterocycles. The number of rotatable bonds is 7. The Bertz CT molecular complexity index is 1130. The molecule has 0 unspecified atom stereocenters. The van der Waals surface area contributed by atoms with Gasteiger partial charge in [-0.2, -0.15) is 0 Å². The molecule has 0 saturated carbocycles.